The predicted molar refractivity (Wildman–Crippen MR) is 99.6 cm³/mol. The van der Waals surface area contributed by atoms with E-state index in [1.165, 1.54) is 0 Å². The molecule has 27 heavy (non-hydrogen) atoms. The van der Waals surface area contributed by atoms with Crippen LogP contribution >= 0.6 is 0 Å². The maximum absolute atomic E-state index is 12.8. The Hall–Kier alpha value is -3.19. The quantitative estimate of drug-likeness (QED) is 0.560. The fourth-order valence-corrected chi connectivity index (χ4v) is 3.45. The predicted octanol–water partition coefficient (Wildman–Crippen LogP) is 2.92. The second kappa shape index (κ2) is 5.92. The molecule has 136 valence electrons. The minimum atomic E-state index is -0.0319. The largest absolute Gasteiger partial charge is 0.441 e. The summed E-state index contributed by atoms with van der Waals surface area (Å²) in [6.45, 7) is 3.06. The van der Waals surface area contributed by atoms with E-state index in [-0.39, 0.29) is 12.0 Å². The van der Waals surface area contributed by atoms with Crippen LogP contribution in [0.4, 0.5) is 0 Å². The molecule has 1 fully saturated rings. The Bertz CT molecular complexity index is 1170. The van der Waals surface area contributed by atoms with E-state index < -0.39 is 0 Å². The maximum atomic E-state index is 12.8. The van der Waals surface area contributed by atoms with Crippen LogP contribution in [0.1, 0.15) is 16.4 Å². The average molecular weight is 362 g/mol. The molecule has 7 heteroatoms. The molecule has 4 aromatic rings. The van der Waals surface area contributed by atoms with Crippen molar-refractivity contribution in [3.8, 4) is 11.1 Å². The third-order valence-corrected chi connectivity index (χ3v) is 5.02. The van der Waals surface area contributed by atoms with Crippen LogP contribution < -0.4 is 0 Å². The second-order valence-corrected chi connectivity index (χ2v) is 6.77. The summed E-state index contributed by atoms with van der Waals surface area (Å²) < 4.78 is 12.6. The van der Waals surface area contributed by atoms with Crippen molar-refractivity contribution in [1.82, 2.24) is 19.3 Å². The van der Waals surface area contributed by atoms with Gasteiger partial charge >= 0.3 is 0 Å². The molecule has 0 atom stereocenters. The molecule has 0 aliphatic carbocycles. The Labute approximate surface area is 155 Å². The number of imidazole rings is 1. The van der Waals surface area contributed by atoms with Crippen LogP contribution in [-0.2, 0) is 4.74 Å². The van der Waals surface area contributed by atoms with Gasteiger partial charge in [0.2, 0.25) is 0 Å². The lowest BCUT2D eigenvalue weighted by Crippen LogP contribution is -2.54. The molecule has 0 spiro atoms. The lowest BCUT2D eigenvalue weighted by molar-refractivity contribution is -0.0195. The summed E-state index contributed by atoms with van der Waals surface area (Å²) in [5.41, 5.74) is 4.87. The van der Waals surface area contributed by atoms with Crippen molar-refractivity contribution in [2.45, 2.75) is 13.0 Å². The Kier molecular flexibility index (Phi) is 3.51. The highest BCUT2D eigenvalue weighted by molar-refractivity contribution is 5.94. The van der Waals surface area contributed by atoms with Gasteiger partial charge in [-0.15, -0.1) is 0 Å². The summed E-state index contributed by atoms with van der Waals surface area (Å²) in [6, 6.07) is 9.81. The molecule has 0 bridgehead atoms. The summed E-state index contributed by atoms with van der Waals surface area (Å²) in [4.78, 5) is 23.3. The Balaban J connectivity index is 1.53. The summed E-state index contributed by atoms with van der Waals surface area (Å²) in [5, 5.41) is 0. The first kappa shape index (κ1) is 16.0. The van der Waals surface area contributed by atoms with Gasteiger partial charge in [-0.05, 0) is 35.4 Å². The average Bonchev–Trinajstić information content (AvgIpc) is 3.21. The van der Waals surface area contributed by atoms with E-state index in [9.17, 15) is 4.79 Å². The zero-order valence-electron chi connectivity index (χ0n) is 15.0. The summed E-state index contributed by atoms with van der Waals surface area (Å²) in [7, 11) is 1.67. The first-order chi connectivity index (χ1) is 13.1. The van der Waals surface area contributed by atoms with Crippen LogP contribution in [0.3, 0.4) is 0 Å². The highest BCUT2D eigenvalue weighted by Gasteiger charge is 2.32. The van der Waals surface area contributed by atoms with Crippen LogP contribution in [0, 0.1) is 6.92 Å². The van der Waals surface area contributed by atoms with Gasteiger partial charge < -0.3 is 14.1 Å². The molecular formula is C20H18N4O3. The van der Waals surface area contributed by atoms with Crippen molar-refractivity contribution >= 4 is 22.7 Å². The lowest BCUT2D eigenvalue weighted by Gasteiger charge is -2.37. The van der Waals surface area contributed by atoms with Crippen LogP contribution in [-0.4, -0.2) is 51.5 Å². The van der Waals surface area contributed by atoms with Crippen molar-refractivity contribution in [3.63, 3.8) is 0 Å². The first-order valence-corrected chi connectivity index (χ1v) is 8.79. The maximum Gasteiger partial charge on any atom is 0.272 e. The lowest BCUT2D eigenvalue weighted by atomic mass is 10.1. The van der Waals surface area contributed by atoms with Gasteiger partial charge in [0.05, 0.1) is 12.3 Å². The van der Waals surface area contributed by atoms with Gasteiger partial charge in [-0.25, -0.2) is 9.97 Å². The number of aryl methyl sites for hydroxylation is 1. The van der Waals surface area contributed by atoms with Crippen molar-refractivity contribution < 1.29 is 13.9 Å². The van der Waals surface area contributed by atoms with Gasteiger partial charge in [0.25, 0.3) is 5.91 Å². The number of rotatable bonds is 3. The number of hydrogen-bond acceptors (Lipinski definition) is 5. The van der Waals surface area contributed by atoms with Crippen molar-refractivity contribution in [2.75, 3.05) is 20.2 Å². The number of benzene rings is 1. The van der Waals surface area contributed by atoms with E-state index in [0.717, 1.165) is 27.9 Å². The van der Waals surface area contributed by atoms with Gasteiger partial charge in [-0.1, -0.05) is 6.07 Å². The molecule has 1 aliphatic rings. The van der Waals surface area contributed by atoms with E-state index in [4.69, 9.17) is 9.15 Å². The van der Waals surface area contributed by atoms with Crippen LogP contribution in [0.2, 0.25) is 0 Å². The molecule has 1 aromatic carbocycles. The molecule has 7 nitrogen and oxygen atoms in total. The molecular weight excluding hydrogens is 344 g/mol. The highest BCUT2D eigenvalue weighted by Crippen LogP contribution is 2.26. The fraction of sp³-hybridized carbons (Fsp3) is 0.250. The molecule has 0 radical (unpaired) electrons. The number of carbonyl (C=O) groups excluding carboxylic acids is 1. The molecule has 3 aromatic heterocycles. The molecule has 4 heterocycles. The molecule has 1 aliphatic heterocycles. The van der Waals surface area contributed by atoms with E-state index >= 15 is 0 Å². The number of nitrogens with zero attached hydrogens (tertiary/aromatic N) is 4. The Morgan fingerprint density at radius 1 is 1.22 bits per heavy atom. The highest BCUT2D eigenvalue weighted by atomic mass is 16.5. The van der Waals surface area contributed by atoms with Gasteiger partial charge in [0.1, 0.15) is 16.9 Å². The van der Waals surface area contributed by atoms with E-state index in [2.05, 4.69) is 9.97 Å². The van der Waals surface area contributed by atoms with Crippen LogP contribution in [0.15, 0.2) is 47.1 Å². The number of methoxy groups -OCH3 is 1. The standard InChI is InChI=1S/C20H18N4O3/c1-12-22-16-7-13(3-5-18(16)27-12)14-4-6-19-21-8-17(24(19)9-14)20(25)23-10-15(11-23)26-2/h3-9,15H,10-11H2,1-2H3. The SMILES string of the molecule is COC1CN(C(=O)c2cnc3ccc(-c4ccc5oc(C)nc5c4)cn23)C1. The number of ether oxygens (including phenoxy) is 1. The Morgan fingerprint density at radius 3 is 2.85 bits per heavy atom. The number of likely N-dealkylation sites (tertiary alicyclic amines) is 1. The molecule has 0 N–H and O–H groups in total. The van der Waals surface area contributed by atoms with Crippen LogP contribution in [0.25, 0.3) is 27.9 Å². The van der Waals surface area contributed by atoms with Crippen molar-refractivity contribution in [3.05, 3.63) is 54.3 Å². The number of amides is 1. The normalized spacial score (nSPS) is 14.8. The third-order valence-electron chi connectivity index (χ3n) is 5.02. The molecule has 0 saturated carbocycles. The van der Waals surface area contributed by atoms with Crippen LogP contribution in [0.5, 0.6) is 0 Å². The number of carbonyl (C=O) groups is 1. The van der Waals surface area contributed by atoms with Crippen molar-refractivity contribution in [1.29, 1.82) is 0 Å². The third kappa shape index (κ3) is 2.59. The van der Waals surface area contributed by atoms with E-state index in [1.54, 1.807) is 18.2 Å². The number of oxazole rings is 1. The molecule has 5 rings (SSSR count). The summed E-state index contributed by atoms with van der Waals surface area (Å²) in [5.74, 6) is 0.611. The molecule has 0 unspecified atom stereocenters. The van der Waals surface area contributed by atoms with Gasteiger partial charge in [0.15, 0.2) is 11.5 Å². The second-order valence-electron chi connectivity index (χ2n) is 6.77. The molecule has 1 saturated heterocycles. The van der Waals surface area contributed by atoms with E-state index in [0.29, 0.717) is 24.7 Å². The zero-order chi connectivity index (χ0) is 18.5. The van der Waals surface area contributed by atoms with E-state index in [1.807, 2.05) is 47.9 Å². The Morgan fingerprint density at radius 2 is 2.04 bits per heavy atom. The monoisotopic (exact) mass is 362 g/mol. The van der Waals surface area contributed by atoms with Gasteiger partial charge in [-0.3, -0.25) is 9.20 Å². The summed E-state index contributed by atoms with van der Waals surface area (Å²) in [6.07, 6.45) is 3.70. The number of pyridine rings is 1. The van der Waals surface area contributed by atoms with Gasteiger partial charge in [0, 0.05) is 33.3 Å². The summed E-state index contributed by atoms with van der Waals surface area (Å²) >= 11 is 0. The number of aromatic nitrogens is 3. The molecule has 1 amide bonds. The van der Waals surface area contributed by atoms with Crippen molar-refractivity contribution in [2.24, 2.45) is 0 Å². The fourth-order valence-electron chi connectivity index (χ4n) is 3.45. The zero-order valence-corrected chi connectivity index (χ0v) is 15.0. The minimum absolute atomic E-state index is 0.0319. The number of fused-ring (bicyclic) bond motifs is 2. The first-order valence-electron chi connectivity index (χ1n) is 8.79. The smallest absolute Gasteiger partial charge is 0.272 e. The topological polar surface area (TPSA) is 72.9 Å². The minimum Gasteiger partial charge on any atom is -0.441 e. The van der Waals surface area contributed by atoms with Gasteiger partial charge in [-0.2, -0.15) is 0 Å². The number of hydrogen-bond donors (Lipinski definition) is 0.